The van der Waals surface area contributed by atoms with E-state index >= 15 is 0 Å². The van der Waals surface area contributed by atoms with Crippen molar-refractivity contribution >= 4 is 11.4 Å². The summed E-state index contributed by atoms with van der Waals surface area (Å²) < 4.78 is 39.9. The zero-order valence-corrected chi connectivity index (χ0v) is 12.5. The Labute approximate surface area is 138 Å². The SMILES string of the molecule is [2H]c1c([2H])c([2H])c(Nc2cccc3c2C(C)(C)c2ccccc2-3)c([2H])c1[2H]. The largest absolute Gasteiger partial charge is 0.355 e. The molecular formula is C21H19N. The minimum absolute atomic E-state index is 0.0983. The Kier molecular flexibility index (Phi) is 1.89. The van der Waals surface area contributed by atoms with Gasteiger partial charge in [-0.15, -0.1) is 0 Å². The van der Waals surface area contributed by atoms with Gasteiger partial charge in [-0.3, -0.25) is 0 Å². The van der Waals surface area contributed by atoms with Crippen LogP contribution in [0.1, 0.15) is 31.8 Å². The summed E-state index contributed by atoms with van der Waals surface area (Å²) in [7, 11) is 0. The van der Waals surface area contributed by atoms with E-state index in [2.05, 4.69) is 37.4 Å². The lowest BCUT2D eigenvalue weighted by atomic mass is 9.81. The molecule has 1 nitrogen and oxygen atoms in total. The zero-order chi connectivity index (χ0) is 19.5. The topological polar surface area (TPSA) is 12.0 Å². The lowest BCUT2D eigenvalue weighted by molar-refractivity contribution is 0.662. The number of para-hydroxylation sites is 1. The van der Waals surface area contributed by atoms with Crippen molar-refractivity contribution in [2.24, 2.45) is 0 Å². The molecule has 0 heterocycles. The molecule has 0 aliphatic heterocycles. The molecule has 4 rings (SSSR count). The highest BCUT2D eigenvalue weighted by atomic mass is 14.9. The molecular weight excluding hydrogens is 266 g/mol. The van der Waals surface area contributed by atoms with Crippen LogP contribution in [0.4, 0.5) is 11.4 Å². The van der Waals surface area contributed by atoms with Crippen LogP contribution in [0.5, 0.6) is 0 Å². The van der Waals surface area contributed by atoms with Gasteiger partial charge in [0.15, 0.2) is 0 Å². The molecule has 0 fully saturated rings. The molecule has 0 radical (unpaired) electrons. The first kappa shape index (κ1) is 8.79. The smallest absolute Gasteiger partial charge is 0.0645 e. The number of fused-ring (bicyclic) bond motifs is 3. The van der Waals surface area contributed by atoms with E-state index in [0.717, 1.165) is 16.8 Å². The molecule has 0 unspecified atom stereocenters. The predicted molar refractivity (Wildman–Crippen MR) is 93.7 cm³/mol. The highest BCUT2D eigenvalue weighted by Crippen LogP contribution is 2.51. The van der Waals surface area contributed by atoms with Crippen LogP contribution in [0.15, 0.2) is 72.7 Å². The van der Waals surface area contributed by atoms with Crippen LogP contribution >= 0.6 is 0 Å². The average molecular weight is 290 g/mol. The molecule has 1 aliphatic carbocycles. The molecule has 0 atom stereocenters. The zero-order valence-electron chi connectivity index (χ0n) is 17.5. The maximum atomic E-state index is 8.17. The van der Waals surface area contributed by atoms with Gasteiger partial charge >= 0.3 is 0 Å². The summed E-state index contributed by atoms with van der Waals surface area (Å²) in [6, 6.07) is 12.6. The van der Waals surface area contributed by atoms with Crippen LogP contribution in [0.3, 0.4) is 0 Å². The van der Waals surface area contributed by atoms with E-state index in [-0.39, 0.29) is 41.3 Å². The number of rotatable bonds is 2. The van der Waals surface area contributed by atoms with Crippen LogP contribution in [-0.2, 0) is 5.41 Å². The van der Waals surface area contributed by atoms with Crippen molar-refractivity contribution in [3.63, 3.8) is 0 Å². The molecule has 1 aliphatic rings. The fourth-order valence-corrected chi connectivity index (χ4v) is 3.40. The molecule has 22 heavy (non-hydrogen) atoms. The Morgan fingerprint density at radius 2 is 1.59 bits per heavy atom. The van der Waals surface area contributed by atoms with E-state index in [0.29, 0.717) is 0 Å². The van der Waals surface area contributed by atoms with Gasteiger partial charge in [0.2, 0.25) is 0 Å². The molecule has 3 aromatic carbocycles. The maximum absolute atomic E-state index is 8.17. The Bertz CT molecular complexity index is 1060. The standard InChI is InChI=1S/C21H19N/c1-21(2)18-13-7-6-11-16(18)17-12-8-14-19(20(17)21)22-15-9-4-3-5-10-15/h3-14,22H,1-2H3/i3D,4D,5D,9D,10D. The third kappa shape index (κ3) is 1.86. The Morgan fingerprint density at radius 1 is 0.864 bits per heavy atom. The summed E-state index contributed by atoms with van der Waals surface area (Å²) in [6.07, 6.45) is 0. The minimum Gasteiger partial charge on any atom is -0.355 e. The lowest BCUT2D eigenvalue weighted by Crippen LogP contribution is -2.16. The van der Waals surface area contributed by atoms with Crippen molar-refractivity contribution in [1.82, 2.24) is 0 Å². The molecule has 0 amide bonds. The van der Waals surface area contributed by atoms with Crippen LogP contribution in [0.2, 0.25) is 0 Å². The van der Waals surface area contributed by atoms with Gasteiger partial charge in [-0.25, -0.2) is 0 Å². The summed E-state index contributed by atoms with van der Waals surface area (Å²) in [5.41, 5.74) is 5.15. The van der Waals surface area contributed by atoms with E-state index in [1.165, 1.54) is 11.1 Å². The maximum Gasteiger partial charge on any atom is 0.0645 e. The predicted octanol–water partition coefficient (Wildman–Crippen LogP) is 5.74. The molecule has 0 spiro atoms. The summed E-state index contributed by atoms with van der Waals surface area (Å²) in [4.78, 5) is 0. The van der Waals surface area contributed by atoms with Gasteiger partial charge in [0.1, 0.15) is 0 Å². The van der Waals surface area contributed by atoms with Crippen LogP contribution in [0.25, 0.3) is 11.1 Å². The van der Waals surface area contributed by atoms with Gasteiger partial charge in [0.05, 0.1) is 6.85 Å². The summed E-state index contributed by atoms with van der Waals surface area (Å²) >= 11 is 0. The average Bonchev–Trinajstić information content (AvgIpc) is 2.91. The summed E-state index contributed by atoms with van der Waals surface area (Å²) in [6.45, 7) is 4.29. The molecule has 3 aromatic rings. The Balaban J connectivity index is 1.92. The van der Waals surface area contributed by atoms with Gasteiger partial charge < -0.3 is 5.32 Å². The quantitative estimate of drug-likeness (QED) is 0.635. The van der Waals surface area contributed by atoms with E-state index in [1.54, 1.807) is 0 Å². The second-order valence-electron chi connectivity index (χ2n) is 6.02. The first-order valence-electron chi connectivity index (χ1n) is 9.82. The molecule has 0 bridgehead atoms. The number of anilines is 2. The Hall–Kier alpha value is -2.54. The number of benzene rings is 3. The normalized spacial score (nSPS) is 17.5. The van der Waals surface area contributed by atoms with E-state index in [1.807, 2.05) is 24.3 Å². The molecule has 0 saturated heterocycles. The van der Waals surface area contributed by atoms with Crippen molar-refractivity contribution < 1.29 is 6.85 Å². The van der Waals surface area contributed by atoms with E-state index < -0.39 is 0 Å². The lowest BCUT2D eigenvalue weighted by Gasteiger charge is -2.24. The van der Waals surface area contributed by atoms with Gasteiger partial charge in [0, 0.05) is 16.8 Å². The number of hydrogen-bond donors (Lipinski definition) is 1. The van der Waals surface area contributed by atoms with E-state index in [4.69, 9.17) is 6.85 Å². The van der Waals surface area contributed by atoms with Crippen molar-refractivity contribution in [2.75, 3.05) is 5.32 Å². The minimum atomic E-state index is -0.387. The molecule has 0 aromatic heterocycles. The van der Waals surface area contributed by atoms with Crippen LogP contribution < -0.4 is 5.32 Å². The highest BCUT2D eigenvalue weighted by molar-refractivity contribution is 5.86. The van der Waals surface area contributed by atoms with Crippen LogP contribution in [0, 0.1) is 0 Å². The molecule has 1 N–H and O–H groups in total. The summed E-state index contributed by atoms with van der Waals surface area (Å²) in [5.74, 6) is 0. The third-order valence-electron chi connectivity index (χ3n) is 4.34. The first-order valence-corrected chi connectivity index (χ1v) is 7.32. The van der Waals surface area contributed by atoms with Crippen molar-refractivity contribution in [3.05, 3.63) is 83.8 Å². The fraction of sp³-hybridized carbons (Fsp3) is 0.143. The van der Waals surface area contributed by atoms with Crippen LogP contribution in [-0.4, -0.2) is 0 Å². The Morgan fingerprint density at radius 3 is 2.41 bits per heavy atom. The van der Waals surface area contributed by atoms with Crippen molar-refractivity contribution in [3.8, 4) is 11.1 Å². The fourth-order valence-electron chi connectivity index (χ4n) is 3.40. The second kappa shape index (κ2) is 4.74. The van der Waals surface area contributed by atoms with Gasteiger partial charge in [-0.05, 0) is 40.4 Å². The number of hydrogen-bond acceptors (Lipinski definition) is 1. The van der Waals surface area contributed by atoms with E-state index in [9.17, 15) is 0 Å². The summed E-state index contributed by atoms with van der Waals surface area (Å²) in [5, 5.41) is 3.14. The van der Waals surface area contributed by atoms with Crippen molar-refractivity contribution in [2.45, 2.75) is 19.3 Å². The second-order valence-corrected chi connectivity index (χ2v) is 6.02. The molecule has 0 saturated carbocycles. The number of nitrogens with one attached hydrogen (secondary N) is 1. The third-order valence-corrected chi connectivity index (χ3v) is 4.34. The highest BCUT2D eigenvalue weighted by Gasteiger charge is 2.36. The van der Waals surface area contributed by atoms with Gasteiger partial charge in [-0.1, -0.05) is 68.4 Å². The monoisotopic (exact) mass is 290 g/mol. The van der Waals surface area contributed by atoms with Gasteiger partial charge in [-0.2, -0.15) is 0 Å². The van der Waals surface area contributed by atoms with Gasteiger partial charge in [0.25, 0.3) is 0 Å². The molecule has 108 valence electrons. The molecule has 1 heteroatoms. The van der Waals surface area contributed by atoms with Crippen molar-refractivity contribution in [1.29, 1.82) is 0 Å². The first-order chi connectivity index (χ1) is 12.7.